The molecule has 0 fully saturated rings. The Labute approximate surface area is 118 Å². The molecule has 2 heterocycles. The number of carboxylic acid groups (broad SMARTS) is 1. The van der Waals surface area contributed by atoms with Crippen LogP contribution >= 0.6 is 11.6 Å². The van der Waals surface area contributed by atoms with Gasteiger partial charge in [0.2, 0.25) is 0 Å². The van der Waals surface area contributed by atoms with Crippen molar-refractivity contribution in [2.24, 2.45) is 0 Å². The maximum Gasteiger partial charge on any atom is 0.326 e. The number of halogens is 1. The van der Waals surface area contributed by atoms with Crippen LogP contribution in [0.25, 0.3) is 0 Å². The summed E-state index contributed by atoms with van der Waals surface area (Å²) in [6, 6.07) is 1.66. The lowest BCUT2D eigenvalue weighted by molar-refractivity contribution is -0.139. The first-order valence-electron chi connectivity index (χ1n) is 5.56. The number of nitrogens with zero attached hydrogens (tertiary/aromatic N) is 3. The van der Waals surface area contributed by atoms with Crippen LogP contribution in [0.2, 0.25) is 5.15 Å². The third-order valence-corrected chi connectivity index (χ3v) is 2.65. The monoisotopic (exact) mass is 295 g/mol. The molecular formula is C11H10ClN5O3. The Morgan fingerprint density at radius 1 is 1.40 bits per heavy atom. The fourth-order valence-corrected chi connectivity index (χ4v) is 1.59. The molecule has 9 heteroatoms. The molecule has 2 rings (SSSR count). The number of carbonyl (C=O) groups excluding carboxylic acids is 1. The van der Waals surface area contributed by atoms with Crippen molar-refractivity contribution in [2.75, 3.05) is 0 Å². The lowest BCUT2D eigenvalue weighted by Gasteiger charge is -2.12. The number of nitrogens with one attached hydrogen (secondary N) is 2. The lowest BCUT2D eigenvalue weighted by atomic mass is 10.1. The van der Waals surface area contributed by atoms with Gasteiger partial charge in [-0.05, 0) is 12.1 Å². The lowest BCUT2D eigenvalue weighted by Crippen LogP contribution is -2.42. The van der Waals surface area contributed by atoms with E-state index in [-0.39, 0.29) is 17.3 Å². The molecule has 0 spiro atoms. The van der Waals surface area contributed by atoms with Crippen LogP contribution in [0.15, 0.2) is 24.7 Å². The van der Waals surface area contributed by atoms with Crippen molar-refractivity contribution in [1.82, 2.24) is 25.5 Å². The Kier molecular flexibility index (Phi) is 4.26. The highest BCUT2D eigenvalue weighted by atomic mass is 35.5. The number of carboxylic acids is 1. The van der Waals surface area contributed by atoms with Gasteiger partial charge in [0.05, 0.1) is 6.33 Å². The quantitative estimate of drug-likeness (QED) is 0.728. The second kappa shape index (κ2) is 6.11. The molecule has 0 aliphatic rings. The molecule has 0 saturated heterocycles. The van der Waals surface area contributed by atoms with E-state index in [4.69, 9.17) is 16.7 Å². The minimum atomic E-state index is -1.16. The molecule has 8 nitrogen and oxygen atoms in total. The molecular weight excluding hydrogens is 286 g/mol. The molecule has 104 valence electrons. The van der Waals surface area contributed by atoms with Crippen molar-refractivity contribution in [3.05, 3.63) is 41.2 Å². The van der Waals surface area contributed by atoms with Gasteiger partial charge in [0.1, 0.15) is 6.04 Å². The summed E-state index contributed by atoms with van der Waals surface area (Å²) in [4.78, 5) is 29.5. The number of hydrogen-bond acceptors (Lipinski definition) is 5. The van der Waals surface area contributed by atoms with Crippen LogP contribution < -0.4 is 5.32 Å². The smallest absolute Gasteiger partial charge is 0.326 e. The van der Waals surface area contributed by atoms with Crippen molar-refractivity contribution in [1.29, 1.82) is 0 Å². The molecule has 0 saturated carbocycles. The summed E-state index contributed by atoms with van der Waals surface area (Å²) in [6.07, 6.45) is 3.01. The maximum absolute atomic E-state index is 11.9. The van der Waals surface area contributed by atoms with Crippen molar-refractivity contribution in [3.63, 3.8) is 0 Å². The molecule has 20 heavy (non-hydrogen) atoms. The molecule has 1 amide bonds. The number of amides is 1. The highest BCUT2D eigenvalue weighted by molar-refractivity contribution is 6.29. The van der Waals surface area contributed by atoms with Gasteiger partial charge in [0, 0.05) is 18.3 Å². The summed E-state index contributed by atoms with van der Waals surface area (Å²) in [5.74, 6) is -1.80. The standard InChI is InChI=1S/C11H10ClN5O3/c12-9-2-1-7(16-17-9)10(18)15-8(11(19)20)3-6-4-13-5-14-6/h1-2,4-5,8H,3H2,(H,13,14)(H,15,18)(H,19,20). The highest BCUT2D eigenvalue weighted by Crippen LogP contribution is 2.04. The van der Waals surface area contributed by atoms with Crippen molar-refractivity contribution in [2.45, 2.75) is 12.5 Å². The van der Waals surface area contributed by atoms with Crippen LogP contribution in [0, 0.1) is 0 Å². The molecule has 3 N–H and O–H groups in total. The summed E-state index contributed by atoms with van der Waals surface area (Å²) in [6.45, 7) is 0. The van der Waals surface area contributed by atoms with E-state index in [1.54, 1.807) is 0 Å². The van der Waals surface area contributed by atoms with Gasteiger partial charge in [-0.3, -0.25) is 4.79 Å². The van der Waals surface area contributed by atoms with E-state index in [0.29, 0.717) is 5.69 Å². The number of carbonyl (C=O) groups is 2. The van der Waals surface area contributed by atoms with Crippen LogP contribution in [0.4, 0.5) is 0 Å². The van der Waals surface area contributed by atoms with E-state index in [9.17, 15) is 9.59 Å². The van der Waals surface area contributed by atoms with E-state index in [1.807, 2.05) is 0 Å². The topological polar surface area (TPSA) is 121 Å². The fourth-order valence-electron chi connectivity index (χ4n) is 1.49. The van der Waals surface area contributed by atoms with Gasteiger partial charge in [0.25, 0.3) is 5.91 Å². The molecule has 0 radical (unpaired) electrons. The Morgan fingerprint density at radius 3 is 2.75 bits per heavy atom. The molecule has 0 aromatic carbocycles. The molecule has 1 unspecified atom stereocenters. The average Bonchev–Trinajstić information content (AvgIpc) is 2.91. The van der Waals surface area contributed by atoms with E-state index < -0.39 is 17.9 Å². The number of rotatable bonds is 5. The third-order valence-electron chi connectivity index (χ3n) is 2.45. The van der Waals surface area contributed by atoms with Gasteiger partial charge >= 0.3 is 5.97 Å². The number of H-pyrrole nitrogens is 1. The minimum absolute atomic E-state index is 0.00902. The largest absolute Gasteiger partial charge is 0.480 e. The van der Waals surface area contributed by atoms with Crippen LogP contribution in [-0.2, 0) is 11.2 Å². The van der Waals surface area contributed by atoms with Gasteiger partial charge in [-0.25, -0.2) is 9.78 Å². The first-order chi connectivity index (χ1) is 9.56. The van der Waals surface area contributed by atoms with E-state index in [0.717, 1.165) is 0 Å². The van der Waals surface area contributed by atoms with Crippen LogP contribution in [0.1, 0.15) is 16.2 Å². The number of imidazole rings is 1. The molecule has 0 aliphatic carbocycles. The van der Waals surface area contributed by atoms with E-state index in [2.05, 4.69) is 25.5 Å². The maximum atomic E-state index is 11.9. The highest BCUT2D eigenvalue weighted by Gasteiger charge is 2.22. The Bertz CT molecular complexity index is 599. The van der Waals surface area contributed by atoms with Gasteiger partial charge in [0.15, 0.2) is 10.8 Å². The zero-order valence-electron chi connectivity index (χ0n) is 10.1. The van der Waals surface area contributed by atoms with Gasteiger partial charge in [-0.1, -0.05) is 11.6 Å². The molecule has 2 aromatic heterocycles. The first kappa shape index (κ1) is 13.9. The Morgan fingerprint density at radius 2 is 2.20 bits per heavy atom. The molecule has 0 bridgehead atoms. The number of aromatic nitrogens is 4. The van der Waals surface area contributed by atoms with Crippen LogP contribution in [0.3, 0.4) is 0 Å². The van der Waals surface area contributed by atoms with Crippen LogP contribution in [0.5, 0.6) is 0 Å². The number of aliphatic carboxylic acids is 1. The minimum Gasteiger partial charge on any atom is -0.480 e. The first-order valence-corrected chi connectivity index (χ1v) is 5.94. The van der Waals surface area contributed by atoms with E-state index in [1.165, 1.54) is 24.7 Å². The summed E-state index contributed by atoms with van der Waals surface area (Å²) in [5.41, 5.74) is 0.588. The molecule has 0 aliphatic heterocycles. The third kappa shape index (κ3) is 3.51. The van der Waals surface area contributed by atoms with Crippen LogP contribution in [-0.4, -0.2) is 43.2 Å². The van der Waals surface area contributed by atoms with Gasteiger partial charge < -0.3 is 15.4 Å². The molecule has 2 aromatic rings. The van der Waals surface area contributed by atoms with E-state index >= 15 is 0 Å². The normalized spacial score (nSPS) is 11.8. The zero-order chi connectivity index (χ0) is 14.5. The summed E-state index contributed by atoms with van der Waals surface area (Å²) < 4.78 is 0. The SMILES string of the molecule is O=C(NC(Cc1cnc[nH]1)C(=O)O)c1ccc(Cl)nn1. The number of hydrogen-bond donors (Lipinski definition) is 3. The summed E-state index contributed by atoms with van der Waals surface area (Å²) in [7, 11) is 0. The van der Waals surface area contributed by atoms with Crippen molar-refractivity contribution >= 4 is 23.5 Å². The predicted octanol–water partition coefficient (Wildman–Crippen LogP) is 0.279. The average molecular weight is 296 g/mol. The molecule has 1 atom stereocenters. The second-order valence-electron chi connectivity index (χ2n) is 3.89. The Hall–Kier alpha value is -2.48. The summed E-state index contributed by atoms with van der Waals surface area (Å²) >= 11 is 5.56. The predicted molar refractivity (Wildman–Crippen MR) is 68.2 cm³/mol. The second-order valence-corrected chi connectivity index (χ2v) is 4.27. The zero-order valence-corrected chi connectivity index (χ0v) is 10.8. The van der Waals surface area contributed by atoms with Gasteiger partial charge in [-0.15, -0.1) is 10.2 Å². The summed E-state index contributed by atoms with van der Waals surface area (Å²) in [5, 5.41) is 18.7. The number of aromatic amines is 1. The Balaban J connectivity index is 2.06. The fraction of sp³-hybridized carbons (Fsp3) is 0.182. The van der Waals surface area contributed by atoms with Crippen molar-refractivity contribution in [3.8, 4) is 0 Å². The van der Waals surface area contributed by atoms with Gasteiger partial charge in [-0.2, -0.15) is 0 Å². The van der Waals surface area contributed by atoms with Crippen molar-refractivity contribution < 1.29 is 14.7 Å².